The molecule has 0 N–H and O–H groups in total. The fourth-order valence-corrected chi connectivity index (χ4v) is 4.97. The second-order valence-electron chi connectivity index (χ2n) is 7.59. The van der Waals surface area contributed by atoms with Gasteiger partial charge in [0.15, 0.2) is 0 Å². The van der Waals surface area contributed by atoms with E-state index < -0.39 is 0 Å². The molecule has 4 saturated heterocycles. The van der Waals surface area contributed by atoms with Crippen LogP contribution >= 0.6 is 0 Å². The Labute approximate surface area is 137 Å². The van der Waals surface area contributed by atoms with Crippen molar-refractivity contribution in [1.29, 1.82) is 0 Å². The highest BCUT2D eigenvalue weighted by Gasteiger charge is 2.56. The summed E-state index contributed by atoms with van der Waals surface area (Å²) in [7, 11) is 0. The van der Waals surface area contributed by atoms with Crippen LogP contribution in [0.1, 0.15) is 39.0 Å². The Morgan fingerprint density at radius 3 is 2.48 bits per heavy atom. The number of likely N-dealkylation sites (N-methyl/N-ethyl adjacent to an activating group) is 1. The number of ether oxygens (including phenoxy) is 1. The summed E-state index contributed by atoms with van der Waals surface area (Å²) in [6.07, 6.45) is 5.39. The monoisotopic (exact) mass is 321 g/mol. The van der Waals surface area contributed by atoms with Crippen LogP contribution in [0.2, 0.25) is 0 Å². The normalized spacial score (nSPS) is 32.1. The summed E-state index contributed by atoms with van der Waals surface area (Å²) in [4.78, 5) is 30.6. The summed E-state index contributed by atoms with van der Waals surface area (Å²) in [5, 5.41) is 0. The minimum absolute atomic E-state index is 0.0289. The molecule has 4 aliphatic heterocycles. The zero-order valence-electron chi connectivity index (χ0n) is 14.0. The first-order chi connectivity index (χ1) is 11.1. The lowest BCUT2D eigenvalue weighted by atomic mass is 9.76. The highest BCUT2D eigenvalue weighted by atomic mass is 16.5. The van der Waals surface area contributed by atoms with Gasteiger partial charge in [0.1, 0.15) is 6.04 Å². The Morgan fingerprint density at radius 1 is 1.17 bits per heavy atom. The average molecular weight is 321 g/mol. The van der Waals surface area contributed by atoms with Gasteiger partial charge in [-0.15, -0.1) is 0 Å². The van der Waals surface area contributed by atoms with Gasteiger partial charge in [0.05, 0.1) is 0 Å². The smallest absolute Gasteiger partial charge is 0.327 e. The Morgan fingerprint density at radius 2 is 1.87 bits per heavy atom. The summed E-state index contributed by atoms with van der Waals surface area (Å²) in [6, 6.07) is 0.421. The molecule has 1 unspecified atom stereocenters. The fourth-order valence-electron chi connectivity index (χ4n) is 4.97. The fraction of sp³-hybridized carbons (Fsp3) is 0.882. The maximum atomic E-state index is 12.4. The summed E-state index contributed by atoms with van der Waals surface area (Å²) in [5.41, 5.74) is 0.178. The molecule has 3 amide bonds. The third-order valence-corrected chi connectivity index (χ3v) is 6.42. The van der Waals surface area contributed by atoms with E-state index in [1.807, 2.05) is 11.8 Å². The van der Waals surface area contributed by atoms with Gasteiger partial charge >= 0.3 is 6.03 Å². The van der Waals surface area contributed by atoms with E-state index in [1.54, 1.807) is 0 Å². The van der Waals surface area contributed by atoms with Gasteiger partial charge < -0.3 is 14.5 Å². The van der Waals surface area contributed by atoms with Crippen LogP contribution in [0.25, 0.3) is 0 Å². The topological polar surface area (TPSA) is 53.1 Å². The molecule has 0 saturated carbocycles. The molecule has 0 aromatic rings. The molecule has 1 spiro atoms. The Balaban J connectivity index is 1.39. The minimum atomic E-state index is -0.183. The van der Waals surface area contributed by atoms with Crippen molar-refractivity contribution in [2.24, 2.45) is 5.41 Å². The van der Waals surface area contributed by atoms with Crippen molar-refractivity contribution >= 4 is 11.9 Å². The predicted molar refractivity (Wildman–Crippen MR) is 85.0 cm³/mol. The molecule has 4 heterocycles. The molecule has 0 aromatic heterocycles. The van der Waals surface area contributed by atoms with Crippen LogP contribution in [0.4, 0.5) is 4.79 Å². The maximum Gasteiger partial charge on any atom is 0.327 e. The number of carbonyl (C=O) groups excluding carboxylic acids is 2. The first-order valence-electron chi connectivity index (χ1n) is 9.07. The van der Waals surface area contributed by atoms with E-state index in [0.29, 0.717) is 12.6 Å². The van der Waals surface area contributed by atoms with Gasteiger partial charge in [-0.3, -0.25) is 9.69 Å². The molecule has 6 heteroatoms. The van der Waals surface area contributed by atoms with Gasteiger partial charge in [-0.25, -0.2) is 4.79 Å². The van der Waals surface area contributed by atoms with E-state index in [4.69, 9.17) is 4.74 Å². The Bertz CT molecular complexity index is 469. The van der Waals surface area contributed by atoms with Gasteiger partial charge in [-0.1, -0.05) is 0 Å². The number of imide groups is 1. The molecule has 0 aromatic carbocycles. The lowest BCUT2D eigenvalue weighted by Crippen LogP contribution is -2.48. The van der Waals surface area contributed by atoms with E-state index >= 15 is 0 Å². The predicted octanol–water partition coefficient (Wildman–Crippen LogP) is 1.30. The molecule has 4 rings (SSSR count). The van der Waals surface area contributed by atoms with Crippen molar-refractivity contribution in [1.82, 2.24) is 14.7 Å². The van der Waals surface area contributed by atoms with Gasteiger partial charge in [0.2, 0.25) is 0 Å². The maximum absolute atomic E-state index is 12.4. The molecule has 128 valence electrons. The van der Waals surface area contributed by atoms with Gasteiger partial charge in [-0.05, 0) is 57.5 Å². The first-order valence-corrected chi connectivity index (χ1v) is 9.07. The summed E-state index contributed by atoms with van der Waals surface area (Å²) in [6.45, 7) is 7.13. The van der Waals surface area contributed by atoms with Crippen molar-refractivity contribution in [3.8, 4) is 0 Å². The van der Waals surface area contributed by atoms with Crippen LogP contribution in [-0.4, -0.2) is 78.1 Å². The number of piperidine rings is 1. The van der Waals surface area contributed by atoms with Gasteiger partial charge in [-0.2, -0.15) is 0 Å². The number of likely N-dealkylation sites (tertiary alicyclic amines) is 1. The number of carbonyl (C=O) groups is 2. The van der Waals surface area contributed by atoms with E-state index in [2.05, 4.69) is 4.90 Å². The molecule has 6 nitrogen and oxygen atoms in total. The van der Waals surface area contributed by atoms with Crippen LogP contribution in [0.3, 0.4) is 0 Å². The van der Waals surface area contributed by atoms with Crippen LogP contribution in [-0.2, 0) is 9.53 Å². The molecule has 4 aliphatic rings. The van der Waals surface area contributed by atoms with Crippen molar-refractivity contribution in [2.45, 2.75) is 51.1 Å². The molecule has 0 bridgehead atoms. The number of hydrogen-bond acceptors (Lipinski definition) is 4. The van der Waals surface area contributed by atoms with Gasteiger partial charge in [0.25, 0.3) is 5.91 Å². The third kappa shape index (κ3) is 2.47. The van der Waals surface area contributed by atoms with Crippen molar-refractivity contribution in [3.05, 3.63) is 0 Å². The Kier molecular flexibility index (Phi) is 3.84. The second kappa shape index (κ2) is 5.74. The zero-order valence-corrected chi connectivity index (χ0v) is 14.0. The molecule has 0 radical (unpaired) electrons. The summed E-state index contributed by atoms with van der Waals surface area (Å²) < 4.78 is 5.47. The molecule has 1 atom stereocenters. The van der Waals surface area contributed by atoms with Gasteiger partial charge in [0, 0.05) is 32.3 Å². The van der Waals surface area contributed by atoms with Crippen molar-refractivity contribution in [3.63, 3.8) is 0 Å². The van der Waals surface area contributed by atoms with E-state index in [0.717, 1.165) is 65.0 Å². The largest absolute Gasteiger partial charge is 0.381 e. The van der Waals surface area contributed by atoms with Crippen molar-refractivity contribution in [2.75, 3.05) is 39.4 Å². The van der Waals surface area contributed by atoms with Crippen LogP contribution in [0.15, 0.2) is 0 Å². The molecular weight excluding hydrogens is 294 g/mol. The van der Waals surface area contributed by atoms with E-state index in [9.17, 15) is 9.59 Å². The zero-order chi connectivity index (χ0) is 16.0. The third-order valence-electron chi connectivity index (χ3n) is 6.42. The quantitative estimate of drug-likeness (QED) is 0.720. The number of urea groups is 1. The number of amides is 3. The summed E-state index contributed by atoms with van der Waals surface area (Å²) in [5.74, 6) is 0.0289. The minimum Gasteiger partial charge on any atom is -0.381 e. The number of nitrogens with zero attached hydrogens (tertiary/aromatic N) is 3. The van der Waals surface area contributed by atoms with Crippen LogP contribution < -0.4 is 0 Å². The highest BCUT2D eigenvalue weighted by Crippen LogP contribution is 2.46. The lowest BCUT2D eigenvalue weighted by Gasteiger charge is -2.43. The molecular formula is C17H27N3O3. The SMILES string of the molecule is CCN1C(=O)C2CC3(CCN(C4CCOCC4)CC3)CN2C1=O. The number of hydrogen-bond donors (Lipinski definition) is 0. The van der Waals surface area contributed by atoms with Crippen molar-refractivity contribution < 1.29 is 14.3 Å². The number of fused-ring (bicyclic) bond motifs is 1. The second-order valence-corrected chi connectivity index (χ2v) is 7.59. The molecule has 0 aliphatic carbocycles. The summed E-state index contributed by atoms with van der Waals surface area (Å²) >= 11 is 0. The molecule has 4 fully saturated rings. The molecule has 23 heavy (non-hydrogen) atoms. The average Bonchev–Trinajstić information content (AvgIpc) is 3.05. The lowest BCUT2D eigenvalue weighted by molar-refractivity contribution is -0.128. The van der Waals surface area contributed by atoms with E-state index in [-0.39, 0.29) is 23.4 Å². The standard InChI is InChI=1S/C17H27N3O3/c1-2-19-15(21)14-11-17(12-20(14)16(19)22)5-7-18(8-6-17)13-3-9-23-10-4-13/h13-14H,2-12H2,1H3. The highest BCUT2D eigenvalue weighted by molar-refractivity contribution is 6.04. The number of rotatable bonds is 2. The first kappa shape index (κ1) is 15.4. The Hall–Kier alpha value is -1.14. The van der Waals surface area contributed by atoms with Crippen LogP contribution in [0.5, 0.6) is 0 Å². The van der Waals surface area contributed by atoms with Crippen LogP contribution in [0, 0.1) is 5.41 Å². The van der Waals surface area contributed by atoms with E-state index in [1.165, 1.54) is 4.90 Å².